The maximum atomic E-state index is 13.9. The molecule has 144 valence electrons. The van der Waals surface area contributed by atoms with Crippen molar-refractivity contribution in [3.05, 3.63) is 30.1 Å². The van der Waals surface area contributed by atoms with Crippen LogP contribution in [0.4, 0.5) is 4.39 Å². The highest BCUT2D eigenvalue weighted by Crippen LogP contribution is 2.23. The van der Waals surface area contributed by atoms with Crippen LogP contribution in [-0.4, -0.2) is 67.2 Å². The van der Waals surface area contributed by atoms with Gasteiger partial charge >= 0.3 is 0 Å². The van der Waals surface area contributed by atoms with Gasteiger partial charge in [0, 0.05) is 19.2 Å². The van der Waals surface area contributed by atoms with Crippen LogP contribution in [0.2, 0.25) is 0 Å². The predicted octanol–water partition coefficient (Wildman–Crippen LogP) is 2.69. The van der Waals surface area contributed by atoms with Crippen molar-refractivity contribution in [2.45, 2.75) is 50.9 Å². The van der Waals surface area contributed by atoms with Crippen LogP contribution in [0.5, 0.6) is 5.75 Å². The Bertz CT molecular complexity index is 598. The van der Waals surface area contributed by atoms with E-state index in [2.05, 4.69) is 11.9 Å². The quantitative estimate of drug-likeness (QED) is 0.778. The number of rotatable bonds is 6. The van der Waals surface area contributed by atoms with E-state index in [4.69, 9.17) is 9.47 Å². The number of hydrogen-bond acceptors (Lipinski definition) is 4. The largest absolute Gasteiger partial charge is 0.478 e. The van der Waals surface area contributed by atoms with Crippen LogP contribution in [0.1, 0.15) is 32.6 Å². The molecule has 1 amide bonds. The molecule has 0 aliphatic carbocycles. The number of ether oxygens (including phenoxy) is 2. The van der Waals surface area contributed by atoms with Gasteiger partial charge in [-0.05, 0) is 64.9 Å². The molecule has 2 fully saturated rings. The maximum absolute atomic E-state index is 13.9. The molecule has 5 nitrogen and oxygen atoms in total. The molecule has 2 saturated heterocycles. The van der Waals surface area contributed by atoms with Gasteiger partial charge in [0.25, 0.3) is 5.91 Å². The van der Waals surface area contributed by atoms with Crippen molar-refractivity contribution in [2.75, 3.05) is 33.3 Å². The number of piperidine rings is 1. The molecule has 0 N–H and O–H groups in total. The number of amides is 1. The van der Waals surface area contributed by atoms with Crippen molar-refractivity contribution in [3.63, 3.8) is 0 Å². The lowest BCUT2D eigenvalue weighted by atomic mass is 10.0. The fraction of sp³-hybridized carbons (Fsp3) is 0.650. The number of halogens is 1. The Labute approximate surface area is 155 Å². The Morgan fingerprint density at radius 2 is 2.08 bits per heavy atom. The number of carbonyl (C=O) groups excluding carboxylic acids is 1. The standard InChI is InChI=1S/C20H29FN2O3/c1-15(26-19-8-4-3-7-18(19)21)20(24)23(14-17-6-5-13-25-17)16-9-11-22(2)12-10-16/h3-4,7-8,15-17H,5-6,9-14H2,1-2H3/t15-,17-/m1/s1. The summed E-state index contributed by atoms with van der Waals surface area (Å²) in [6, 6.07) is 6.40. The molecule has 2 aliphatic rings. The van der Waals surface area contributed by atoms with Crippen molar-refractivity contribution < 1.29 is 18.7 Å². The predicted molar refractivity (Wildman–Crippen MR) is 97.7 cm³/mol. The van der Waals surface area contributed by atoms with Crippen molar-refractivity contribution >= 4 is 5.91 Å². The number of hydrogen-bond donors (Lipinski definition) is 0. The highest BCUT2D eigenvalue weighted by Gasteiger charge is 2.33. The van der Waals surface area contributed by atoms with Gasteiger partial charge in [-0.15, -0.1) is 0 Å². The molecule has 2 heterocycles. The summed E-state index contributed by atoms with van der Waals surface area (Å²) in [4.78, 5) is 17.3. The Balaban J connectivity index is 1.69. The molecule has 0 bridgehead atoms. The van der Waals surface area contributed by atoms with E-state index in [0.29, 0.717) is 6.54 Å². The molecule has 26 heavy (non-hydrogen) atoms. The van der Waals surface area contributed by atoms with E-state index in [0.717, 1.165) is 45.4 Å². The van der Waals surface area contributed by atoms with Crippen LogP contribution in [0, 0.1) is 5.82 Å². The minimum Gasteiger partial charge on any atom is -0.478 e. The van der Waals surface area contributed by atoms with E-state index in [1.54, 1.807) is 25.1 Å². The summed E-state index contributed by atoms with van der Waals surface area (Å²) >= 11 is 0. The summed E-state index contributed by atoms with van der Waals surface area (Å²) in [5.41, 5.74) is 0. The highest BCUT2D eigenvalue weighted by molar-refractivity contribution is 5.81. The zero-order chi connectivity index (χ0) is 18.5. The monoisotopic (exact) mass is 364 g/mol. The van der Waals surface area contributed by atoms with E-state index in [-0.39, 0.29) is 23.8 Å². The maximum Gasteiger partial charge on any atom is 0.263 e. The Morgan fingerprint density at radius 1 is 1.35 bits per heavy atom. The summed E-state index contributed by atoms with van der Waals surface area (Å²) < 4.78 is 25.3. The average Bonchev–Trinajstić information content (AvgIpc) is 3.15. The van der Waals surface area contributed by atoms with E-state index >= 15 is 0 Å². The molecule has 3 rings (SSSR count). The third-order valence-corrected chi connectivity index (χ3v) is 5.32. The molecule has 0 aromatic heterocycles. The van der Waals surface area contributed by atoms with Gasteiger partial charge < -0.3 is 19.3 Å². The normalized spacial score (nSPS) is 23.0. The molecule has 2 aliphatic heterocycles. The summed E-state index contributed by atoms with van der Waals surface area (Å²) in [5.74, 6) is -0.413. The Kier molecular flexibility index (Phi) is 6.48. The first-order chi connectivity index (χ1) is 12.5. The highest BCUT2D eigenvalue weighted by atomic mass is 19.1. The van der Waals surface area contributed by atoms with Crippen LogP contribution in [0.3, 0.4) is 0 Å². The summed E-state index contributed by atoms with van der Waals surface area (Å²) in [6.07, 6.45) is 3.29. The SMILES string of the molecule is C[C@@H](Oc1ccccc1F)C(=O)N(C[C@H]1CCCO1)C1CCN(C)CC1. The van der Waals surface area contributed by atoms with Crippen molar-refractivity contribution in [1.82, 2.24) is 9.80 Å². The van der Waals surface area contributed by atoms with Crippen LogP contribution in [0.25, 0.3) is 0 Å². The summed E-state index contributed by atoms with van der Waals surface area (Å²) in [6.45, 7) is 5.01. The van der Waals surface area contributed by atoms with Gasteiger partial charge in [-0.25, -0.2) is 4.39 Å². The van der Waals surface area contributed by atoms with Gasteiger partial charge in [0.2, 0.25) is 0 Å². The van der Waals surface area contributed by atoms with Gasteiger partial charge in [0.1, 0.15) is 0 Å². The Morgan fingerprint density at radius 3 is 2.73 bits per heavy atom. The topological polar surface area (TPSA) is 42.0 Å². The molecule has 1 aromatic rings. The Hall–Kier alpha value is -1.66. The molecule has 2 atom stereocenters. The molecular formula is C20H29FN2O3. The minimum absolute atomic E-state index is 0.0849. The zero-order valence-electron chi connectivity index (χ0n) is 15.7. The molecule has 0 spiro atoms. The second-order valence-corrected chi connectivity index (χ2v) is 7.35. The first kappa shape index (κ1) is 19.1. The van der Waals surface area contributed by atoms with Crippen LogP contribution in [0.15, 0.2) is 24.3 Å². The van der Waals surface area contributed by atoms with E-state index in [1.807, 2.05) is 4.90 Å². The van der Waals surface area contributed by atoms with Crippen molar-refractivity contribution in [2.24, 2.45) is 0 Å². The molecule has 0 radical (unpaired) electrons. The number of para-hydroxylation sites is 1. The number of carbonyl (C=O) groups is 1. The first-order valence-electron chi connectivity index (χ1n) is 9.56. The van der Waals surface area contributed by atoms with Crippen LogP contribution in [-0.2, 0) is 9.53 Å². The summed E-state index contributed by atoms with van der Waals surface area (Å²) in [7, 11) is 2.10. The number of benzene rings is 1. The van der Waals surface area contributed by atoms with Gasteiger partial charge in [0.05, 0.1) is 6.10 Å². The fourth-order valence-electron chi connectivity index (χ4n) is 3.75. The lowest BCUT2D eigenvalue weighted by Gasteiger charge is -2.39. The molecule has 0 saturated carbocycles. The number of nitrogens with zero attached hydrogens (tertiary/aromatic N) is 2. The minimum atomic E-state index is -0.729. The van der Waals surface area contributed by atoms with E-state index in [1.165, 1.54) is 6.07 Å². The van der Waals surface area contributed by atoms with E-state index in [9.17, 15) is 9.18 Å². The van der Waals surface area contributed by atoms with Gasteiger partial charge in [-0.3, -0.25) is 4.79 Å². The second-order valence-electron chi connectivity index (χ2n) is 7.35. The molecule has 1 aromatic carbocycles. The van der Waals surface area contributed by atoms with E-state index < -0.39 is 11.9 Å². The zero-order valence-corrected chi connectivity index (χ0v) is 15.7. The molecule has 6 heteroatoms. The molecule has 0 unspecified atom stereocenters. The number of likely N-dealkylation sites (tertiary alicyclic amines) is 1. The lowest BCUT2D eigenvalue weighted by molar-refractivity contribution is -0.143. The summed E-state index contributed by atoms with van der Waals surface area (Å²) in [5, 5.41) is 0. The van der Waals surface area contributed by atoms with Gasteiger partial charge in [-0.1, -0.05) is 12.1 Å². The average molecular weight is 364 g/mol. The van der Waals surface area contributed by atoms with Crippen molar-refractivity contribution in [1.29, 1.82) is 0 Å². The van der Waals surface area contributed by atoms with Crippen LogP contribution >= 0.6 is 0 Å². The first-order valence-corrected chi connectivity index (χ1v) is 9.56. The second kappa shape index (κ2) is 8.82. The van der Waals surface area contributed by atoms with Crippen molar-refractivity contribution in [3.8, 4) is 5.75 Å². The molecular weight excluding hydrogens is 335 g/mol. The smallest absolute Gasteiger partial charge is 0.263 e. The van der Waals surface area contributed by atoms with Gasteiger partial charge in [-0.2, -0.15) is 0 Å². The van der Waals surface area contributed by atoms with Crippen LogP contribution < -0.4 is 4.74 Å². The lowest BCUT2D eigenvalue weighted by Crippen LogP contribution is -2.52. The third kappa shape index (κ3) is 4.74. The van der Waals surface area contributed by atoms with Gasteiger partial charge in [0.15, 0.2) is 17.7 Å². The fourth-order valence-corrected chi connectivity index (χ4v) is 3.75. The third-order valence-electron chi connectivity index (χ3n) is 5.32.